The Morgan fingerprint density at radius 2 is 1.81 bits per heavy atom. The van der Waals surface area contributed by atoms with Crippen molar-refractivity contribution in [3.05, 3.63) is 23.8 Å². The van der Waals surface area contributed by atoms with Gasteiger partial charge in [0.25, 0.3) is 5.91 Å². The highest BCUT2D eigenvalue weighted by Crippen LogP contribution is 2.27. The van der Waals surface area contributed by atoms with Gasteiger partial charge in [-0.1, -0.05) is 13.8 Å². The molecule has 0 spiro atoms. The second-order valence-electron chi connectivity index (χ2n) is 7.66. The summed E-state index contributed by atoms with van der Waals surface area (Å²) in [7, 11) is -0.628. The van der Waals surface area contributed by atoms with Gasteiger partial charge in [-0.3, -0.25) is 9.59 Å². The number of carbonyl (C=O) groups excluding carboxylic acids is 2. The van der Waals surface area contributed by atoms with E-state index in [1.165, 1.54) is 29.6 Å². The average molecular weight is 470 g/mol. The fourth-order valence-corrected chi connectivity index (χ4v) is 5.30. The largest absolute Gasteiger partial charge is 0.496 e. The van der Waals surface area contributed by atoms with Crippen LogP contribution in [-0.2, 0) is 19.6 Å². The normalized spacial score (nSPS) is 15.1. The molecule has 1 aromatic carbocycles. The van der Waals surface area contributed by atoms with Crippen LogP contribution in [0.1, 0.15) is 43.5 Å². The van der Waals surface area contributed by atoms with E-state index >= 15 is 0 Å². The first-order valence-electron chi connectivity index (χ1n) is 11.0. The van der Waals surface area contributed by atoms with Crippen molar-refractivity contribution < 1.29 is 27.5 Å². The number of methoxy groups -OCH3 is 2. The maximum atomic E-state index is 13.2. The van der Waals surface area contributed by atoms with E-state index in [4.69, 9.17) is 9.47 Å². The first-order chi connectivity index (χ1) is 15.3. The maximum Gasteiger partial charge on any atom is 0.257 e. The number of nitrogens with one attached hydrogen (secondary N) is 1. The SMILES string of the molecule is CCN(CC)S(=O)(=O)c1ccc(OC)c(C(=O)N2CCC(C(=O)NCCCOC)CC2)c1. The molecule has 0 aliphatic carbocycles. The lowest BCUT2D eigenvalue weighted by atomic mass is 9.95. The summed E-state index contributed by atoms with van der Waals surface area (Å²) in [5.41, 5.74) is 0.211. The van der Waals surface area contributed by atoms with E-state index in [2.05, 4.69) is 5.32 Å². The van der Waals surface area contributed by atoms with Crippen LogP contribution in [0.15, 0.2) is 23.1 Å². The van der Waals surface area contributed by atoms with Crippen molar-refractivity contribution in [2.24, 2.45) is 5.92 Å². The molecular formula is C22H35N3O6S. The summed E-state index contributed by atoms with van der Waals surface area (Å²) in [5.74, 6) is -0.111. The molecule has 0 saturated carbocycles. The monoisotopic (exact) mass is 469 g/mol. The van der Waals surface area contributed by atoms with Crippen molar-refractivity contribution in [1.29, 1.82) is 0 Å². The number of benzene rings is 1. The van der Waals surface area contributed by atoms with Crippen molar-refractivity contribution in [3.8, 4) is 5.75 Å². The van der Waals surface area contributed by atoms with E-state index in [1.807, 2.05) is 0 Å². The molecule has 32 heavy (non-hydrogen) atoms. The molecule has 2 rings (SSSR count). The molecule has 1 aromatic rings. The van der Waals surface area contributed by atoms with E-state index in [-0.39, 0.29) is 28.2 Å². The predicted molar refractivity (Wildman–Crippen MR) is 121 cm³/mol. The molecule has 9 nitrogen and oxygen atoms in total. The first-order valence-corrected chi connectivity index (χ1v) is 12.5. The van der Waals surface area contributed by atoms with Gasteiger partial charge in [-0.05, 0) is 37.5 Å². The fraction of sp³-hybridized carbons (Fsp3) is 0.636. The third-order valence-electron chi connectivity index (χ3n) is 5.72. The highest BCUT2D eigenvalue weighted by molar-refractivity contribution is 7.89. The average Bonchev–Trinajstić information content (AvgIpc) is 2.81. The van der Waals surface area contributed by atoms with Crippen LogP contribution in [0.25, 0.3) is 0 Å². The van der Waals surface area contributed by atoms with Gasteiger partial charge in [0, 0.05) is 52.4 Å². The second kappa shape index (κ2) is 12.2. The fourth-order valence-electron chi connectivity index (χ4n) is 3.81. The lowest BCUT2D eigenvalue weighted by Crippen LogP contribution is -2.43. The summed E-state index contributed by atoms with van der Waals surface area (Å²) >= 11 is 0. The van der Waals surface area contributed by atoms with Gasteiger partial charge in [-0.2, -0.15) is 4.31 Å². The lowest BCUT2D eigenvalue weighted by Gasteiger charge is -2.32. The number of ether oxygens (including phenoxy) is 2. The summed E-state index contributed by atoms with van der Waals surface area (Å²) < 4.78 is 37.5. The Labute approximate surface area is 191 Å². The molecule has 180 valence electrons. The van der Waals surface area contributed by atoms with Crippen LogP contribution in [-0.4, -0.2) is 83.0 Å². The van der Waals surface area contributed by atoms with E-state index in [0.29, 0.717) is 57.9 Å². The molecule has 2 amide bonds. The zero-order valence-electron chi connectivity index (χ0n) is 19.4. The molecule has 0 aromatic heterocycles. The Morgan fingerprint density at radius 3 is 2.38 bits per heavy atom. The zero-order chi connectivity index (χ0) is 23.7. The van der Waals surface area contributed by atoms with Crippen molar-refractivity contribution in [2.75, 3.05) is 53.6 Å². The van der Waals surface area contributed by atoms with Crippen LogP contribution < -0.4 is 10.1 Å². The summed E-state index contributed by atoms with van der Waals surface area (Å²) in [4.78, 5) is 27.3. The Balaban J connectivity index is 2.11. The van der Waals surface area contributed by atoms with Gasteiger partial charge in [-0.15, -0.1) is 0 Å². The number of hydrogen-bond acceptors (Lipinski definition) is 6. The highest BCUT2D eigenvalue weighted by atomic mass is 32.2. The van der Waals surface area contributed by atoms with Gasteiger partial charge >= 0.3 is 0 Å². The zero-order valence-corrected chi connectivity index (χ0v) is 20.2. The summed E-state index contributed by atoms with van der Waals surface area (Å²) in [6.45, 7) is 6.23. The van der Waals surface area contributed by atoms with Crippen LogP contribution in [0.3, 0.4) is 0 Å². The number of sulfonamides is 1. The molecule has 0 bridgehead atoms. The van der Waals surface area contributed by atoms with Crippen molar-refractivity contribution >= 4 is 21.8 Å². The number of likely N-dealkylation sites (tertiary alicyclic amines) is 1. The topological polar surface area (TPSA) is 105 Å². The Hall–Kier alpha value is -2.17. The Kier molecular flexibility index (Phi) is 9.92. The van der Waals surface area contributed by atoms with Gasteiger partial charge in [-0.25, -0.2) is 8.42 Å². The van der Waals surface area contributed by atoms with Gasteiger partial charge in [0.15, 0.2) is 0 Å². The van der Waals surface area contributed by atoms with Gasteiger partial charge < -0.3 is 19.7 Å². The number of amides is 2. The highest BCUT2D eigenvalue weighted by Gasteiger charge is 2.30. The van der Waals surface area contributed by atoms with E-state index in [1.54, 1.807) is 25.9 Å². The van der Waals surface area contributed by atoms with Gasteiger partial charge in [0.1, 0.15) is 5.75 Å². The van der Waals surface area contributed by atoms with Crippen molar-refractivity contribution in [2.45, 2.75) is 38.0 Å². The molecule has 1 aliphatic heterocycles. The van der Waals surface area contributed by atoms with Crippen molar-refractivity contribution in [1.82, 2.24) is 14.5 Å². The third-order valence-corrected chi connectivity index (χ3v) is 7.77. The number of hydrogen-bond donors (Lipinski definition) is 1. The molecular weight excluding hydrogens is 434 g/mol. The molecule has 0 unspecified atom stereocenters. The molecule has 1 saturated heterocycles. The minimum atomic E-state index is -3.70. The minimum Gasteiger partial charge on any atom is -0.496 e. The van der Waals surface area contributed by atoms with Crippen LogP contribution in [0, 0.1) is 5.92 Å². The molecule has 0 radical (unpaired) electrons. The first kappa shape index (κ1) is 26.1. The molecule has 1 N–H and O–H groups in total. The van der Waals surface area contributed by atoms with Crippen molar-refractivity contribution in [3.63, 3.8) is 0 Å². The Morgan fingerprint density at radius 1 is 1.16 bits per heavy atom. The lowest BCUT2D eigenvalue weighted by molar-refractivity contribution is -0.126. The quantitative estimate of drug-likeness (QED) is 0.495. The third kappa shape index (κ3) is 6.20. The molecule has 1 heterocycles. The number of nitrogens with zero attached hydrogens (tertiary/aromatic N) is 2. The summed E-state index contributed by atoms with van der Waals surface area (Å²) in [6.07, 6.45) is 1.87. The second-order valence-corrected chi connectivity index (χ2v) is 9.59. The summed E-state index contributed by atoms with van der Waals surface area (Å²) in [5, 5.41) is 2.91. The summed E-state index contributed by atoms with van der Waals surface area (Å²) in [6, 6.07) is 4.37. The van der Waals surface area contributed by atoms with Crippen LogP contribution >= 0.6 is 0 Å². The van der Waals surface area contributed by atoms with Crippen LogP contribution in [0.2, 0.25) is 0 Å². The number of piperidine rings is 1. The molecule has 10 heteroatoms. The van der Waals surface area contributed by atoms with Gasteiger partial charge in [0.05, 0.1) is 17.6 Å². The standard InChI is InChI=1S/C22H35N3O6S/c1-5-25(6-2)32(28,29)18-8-9-20(31-4)19(16-18)22(27)24-13-10-17(11-14-24)21(26)23-12-7-15-30-3/h8-9,16-17H,5-7,10-15H2,1-4H3,(H,23,26). The maximum absolute atomic E-state index is 13.2. The van der Waals surface area contributed by atoms with Crippen LogP contribution in [0.4, 0.5) is 0 Å². The smallest absolute Gasteiger partial charge is 0.257 e. The molecule has 1 fully saturated rings. The minimum absolute atomic E-state index is 0.00176. The number of carbonyl (C=O) groups is 2. The molecule has 0 atom stereocenters. The molecule has 1 aliphatic rings. The van der Waals surface area contributed by atoms with E-state index in [9.17, 15) is 18.0 Å². The van der Waals surface area contributed by atoms with E-state index in [0.717, 1.165) is 6.42 Å². The van der Waals surface area contributed by atoms with Crippen LogP contribution in [0.5, 0.6) is 5.75 Å². The Bertz CT molecular complexity index is 878. The number of rotatable bonds is 11. The predicted octanol–water partition coefficient (Wildman–Crippen LogP) is 1.73. The van der Waals surface area contributed by atoms with Gasteiger partial charge in [0.2, 0.25) is 15.9 Å². The van der Waals surface area contributed by atoms with E-state index < -0.39 is 10.0 Å².